The summed E-state index contributed by atoms with van der Waals surface area (Å²) in [7, 11) is 3.77. The van der Waals surface area contributed by atoms with Crippen molar-refractivity contribution in [2.75, 3.05) is 51.4 Å². The second-order valence-electron chi connectivity index (χ2n) is 29.4. The number of pyridine rings is 4. The maximum Gasteiger partial charge on any atom is 0.222 e. The molecule has 35 heteroatoms. The number of rotatable bonds is 15. The van der Waals surface area contributed by atoms with Gasteiger partial charge >= 0.3 is 0 Å². The number of hydrogen-bond donors (Lipinski definition) is 9. The smallest absolute Gasteiger partial charge is 0.222 e. The van der Waals surface area contributed by atoms with Crippen LogP contribution in [-0.4, -0.2) is 151 Å². The third-order valence-electron chi connectivity index (χ3n) is 16.0. The first-order chi connectivity index (χ1) is 56.6. The quantitative estimate of drug-likeness (QED) is 0.00875. The Morgan fingerprint density at radius 3 is 1.32 bits per heavy atom. The SMILES string of the molecule is C#C[Si](C)(C)C.C#Cc1nc(N)nc2c(OC)cccc12.CC(=O)c1cccc(CO)n1.CC(C)(O)c1cccc(CN=[N+]=[N-])n1.CC(C)(O)c1cccc(CO)n1.COc1cccc2c(-c3cn(Cc4cccc(C(C)(C)O)n4)nn3)nc(N)nc12.COc1cccc2c(C#C[Si](C)(C)C)nc(N)nc12.COc1cccc2c(Cl)nc(N)nc12. The van der Waals surface area contributed by atoms with Gasteiger partial charge in [0.15, 0.2) is 5.78 Å². The van der Waals surface area contributed by atoms with Gasteiger partial charge in [0.1, 0.15) is 112 Å². The summed E-state index contributed by atoms with van der Waals surface area (Å²) in [5.41, 5.74) is 43.5. The molecule has 0 aliphatic carbocycles. The number of aromatic nitrogens is 15. The van der Waals surface area contributed by atoms with Crippen LogP contribution in [0.2, 0.25) is 44.4 Å². The van der Waals surface area contributed by atoms with Gasteiger partial charge in [-0.1, -0.05) is 122 Å². The molecule has 0 spiro atoms. The first-order valence-electron chi connectivity index (χ1n) is 36.8. The fourth-order valence-corrected chi connectivity index (χ4v) is 10.8. The first kappa shape index (κ1) is 95.4. The predicted octanol–water partition coefficient (Wildman–Crippen LogP) is 12.9. The second kappa shape index (κ2) is 43.7. The number of Topliss-reactive ketones (excluding diaryl/α,β-unsaturated/α-hetero) is 1. The van der Waals surface area contributed by atoms with E-state index in [1.807, 2.05) is 72.8 Å². The molecular weight excluding hydrogens is 1580 g/mol. The zero-order chi connectivity index (χ0) is 88.9. The lowest BCUT2D eigenvalue weighted by atomic mass is 10.0. The van der Waals surface area contributed by atoms with Gasteiger partial charge in [-0.15, -0.1) is 29.0 Å². The molecule has 32 nitrogen and oxygen atoms in total. The molecule has 4 aromatic carbocycles. The summed E-state index contributed by atoms with van der Waals surface area (Å²) >= 11 is 5.90. The normalized spacial score (nSPS) is 10.8. The predicted molar refractivity (Wildman–Crippen MR) is 473 cm³/mol. The Bertz CT molecular complexity index is 5900. The Kier molecular flexibility index (Phi) is 34.7. The van der Waals surface area contributed by atoms with Crippen LogP contribution >= 0.6 is 11.6 Å². The van der Waals surface area contributed by atoms with E-state index in [0.717, 1.165) is 27.2 Å². The number of para-hydroxylation sites is 4. The Hall–Kier alpha value is -13.4. The summed E-state index contributed by atoms with van der Waals surface area (Å²) in [6, 6.07) is 43.2. The summed E-state index contributed by atoms with van der Waals surface area (Å²) in [5, 5.41) is 62.2. The minimum Gasteiger partial charge on any atom is -0.494 e. The highest BCUT2D eigenvalue weighted by atomic mass is 35.5. The third-order valence-corrected chi connectivity index (χ3v) is 18.0. The summed E-state index contributed by atoms with van der Waals surface area (Å²) in [5.74, 6) is 8.75. The lowest BCUT2D eigenvalue weighted by Crippen LogP contribution is -2.18. The van der Waals surface area contributed by atoms with E-state index in [1.165, 1.54) is 6.92 Å². The summed E-state index contributed by atoms with van der Waals surface area (Å²) < 4.78 is 22.6. The van der Waals surface area contributed by atoms with E-state index in [2.05, 4.69) is 142 Å². The zero-order valence-corrected chi connectivity index (χ0v) is 72.7. The number of aliphatic hydroxyl groups excluding tert-OH is 2. The Balaban J connectivity index is 0.000000220. The number of ketones is 1. The number of methoxy groups -OCH3 is 4. The Morgan fingerprint density at radius 1 is 0.508 bits per heavy atom. The van der Waals surface area contributed by atoms with Crippen LogP contribution in [-0.2, 0) is 43.1 Å². The molecule has 0 bridgehead atoms. The van der Waals surface area contributed by atoms with Crippen LogP contribution in [0.1, 0.15) is 110 Å². The molecule has 9 aromatic heterocycles. The Labute approximate surface area is 703 Å². The van der Waals surface area contributed by atoms with E-state index in [1.54, 1.807) is 154 Å². The molecule has 0 amide bonds. The second-order valence-corrected chi connectivity index (χ2v) is 39.3. The van der Waals surface area contributed by atoms with Gasteiger partial charge in [0.25, 0.3) is 0 Å². The average molecular weight is 1680 g/mol. The number of benzene rings is 4. The molecule has 0 radical (unpaired) electrons. The number of carbonyl (C=O) groups is 1. The highest BCUT2D eigenvalue weighted by Crippen LogP contribution is 2.33. The fourth-order valence-electron chi connectivity index (χ4n) is 10.1. The fraction of sp³-hybridized carbons (Fsp3) is 0.282. The maximum atomic E-state index is 10.8. The molecule has 0 saturated heterocycles. The number of nitrogen functional groups attached to an aromatic ring is 4. The van der Waals surface area contributed by atoms with Gasteiger partial charge in [0.2, 0.25) is 23.8 Å². The molecule has 0 saturated carbocycles. The van der Waals surface area contributed by atoms with Crippen molar-refractivity contribution in [2.24, 2.45) is 5.11 Å². The van der Waals surface area contributed by atoms with Crippen molar-refractivity contribution < 1.29 is 49.3 Å². The molecule has 9 heterocycles. The molecule has 0 aliphatic heterocycles. The van der Waals surface area contributed by atoms with Crippen molar-refractivity contribution in [2.45, 2.75) is 131 Å². The molecule has 120 heavy (non-hydrogen) atoms. The standard InChI is InChI=1S/C20H21N7O2.C14H17N3OSi.C11H9N3O.C9H8ClN3O.C9H12N4O.C9H13NO2.C8H9NO2.C5H10Si/c1-20(2,28)16-9-4-6-12(22-16)10-27-11-14(25-26-27)17-13-7-5-8-15(29-3)18(13)24-19(21)23-17;1-18-12-7-5-6-10-11(8-9-19(2,3)4)16-14(15)17-13(10)12;1-3-8-7-5-4-6-9(15-2)10(7)14-11(12)13-8;1-14-6-4-2-3-5-7(6)12-9(11)13-8(5)10;1-9(2,14)8-5-3-4-7(12-8)6-11-13-10;1-9(2,12)8-5-3-4-7(6-11)10-8;1-6(11)8-4-2-3-7(5-10)9-8;1-5-6(2,3)4/h4-9,11,28H,10H2,1-3H3,(H2,21,23,24);5-7H,1-4H3,(H2,15,16,17);1,4-6H,2H3,(H2,12,13,14);2-4H,1H3,(H2,11,12,13);3-5,14H,6H2,1-2H3;3-5,11-12H,6H2,1-2H3;2-4,10H,5H2,1H3;1H,2-4H3. The molecule has 0 fully saturated rings. The number of halogens is 1. The van der Waals surface area contributed by atoms with E-state index in [-0.39, 0.29) is 49.3 Å². The third kappa shape index (κ3) is 29.0. The van der Waals surface area contributed by atoms with E-state index < -0.39 is 33.0 Å². The first-order valence-corrected chi connectivity index (χ1v) is 44.2. The van der Waals surface area contributed by atoms with Gasteiger partial charge in [-0.05, 0) is 144 Å². The Morgan fingerprint density at radius 2 is 0.883 bits per heavy atom. The van der Waals surface area contributed by atoms with Crippen molar-refractivity contribution in [3.05, 3.63) is 224 Å². The van der Waals surface area contributed by atoms with Crippen LogP contribution in [0, 0.1) is 35.8 Å². The van der Waals surface area contributed by atoms with Gasteiger partial charge < -0.3 is 67.4 Å². The number of nitrogens with zero attached hydrogens (tertiary/aromatic N) is 18. The van der Waals surface area contributed by atoms with Gasteiger partial charge in [-0.25, -0.2) is 49.5 Å². The lowest BCUT2D eigenvalue weighted by molar-refractivity contribution is 0.0729. The van der Waals surface area contributed by atoms with Crippen LogP contribution in [0.3, 0.4) is 0 Å². The van der Waals surface area contributed by atoms with Crippen LogP contribution in [0.15, 0.2) is 157 Å². The number of anilines is 4. The van der Waals surface area contributed by atoms with Crippen molar-refractivity contribution in [1.82, 2.24) is 74.8 Å². The number of hydrogen-bond acceptors (Lipinski definition) is 29. The molecular formula is C85H99ClN22O10Si2. The maximum absolute atomic E-state index is 10.8. The van der Waals surface area contributed by atoms with Gasteiger partial charge in [0, 0.05) is 39.1 Å². The van der Waals surface area contributed by atoms with Crippen molar-refractivity contribution in [1.29, 1.82) is 0 Å². The summed E-state index contributed by atoms with van der Waals surface area (Å²) in [4.78, 5) is 63.2. The van der Waals surface area contributed by atoms with Crippen LogP contribution in [0.25, 0.3) is 65.4 Å². The highest BCUT2D eigenvalue weighted by molar-refractivity contribution is 6.84. The summed E-state index contributed by atoms with van der Waals surface area (Å²) in [6.07, 6.45) is 12.2. The average Bonchev–Trinajstić information content (AvgIpc) is 1.38. The largest absolute Gasteiger partial charge is 0.494 e. The number of azide groups is 1. The van der Waals surface area contributed by atoms with E-state index in [0.29, 0.717) is 119 Å². The van der Waals surface area contributed by atoms with Crippen molar-refractivity contribution in [3.8, 4) is 70.2 Å². The molecule has 624 valence electrons. The topological polar surface area (TPSA) is 493 Å². The van der Waals surface area contributed by atoms with Gasteiger partial charge in [0.05, 0.1) is 95.1 Å². The van der Waals surface area contributed by atoms with Crippen LogP contribution < -0.4 is 41.9 Å². The number of aliphatic hydroxyl groups is 5. The van der Waals surface area contributed by atoms with E-state index in [9.17, 15) is 20.1 Å². The van der Waals surface area contributed by atoms with Crippen LogP contribution in [0.4, 0.5) is 23.8 Å². The number of carbonyl (C=O) groups excluding carboxylic acids is 1. The van der Waals surface area contributed by atoms with Gasteiger partial charge in [-0.2, -0.15) is 0 Å². The molecule has 13 rings (SSSR count). The van der Waals surface area contributed by atoms with Crippen molar-refractivity contribution in [3.63, 3.8) is 0 Å². The number of fused-ring (bicyclic) bond motifs is 4. The molecule has 13 N–H and O–H groups in total. The zero-order valence-electron chi connectivity index (χ0n) is 69.9. The molecule has 0 atom stereocenters. The lowest BCUT2D eigenvalue weighted by Gasteiger charge is -2.17. The number of terminal acetylenes is 2. The minimum atomic E-state index is -1.46. The van der Waals surface area contributed by atoms with E-state index >= 15 is 0 Å². The molecule has 0 unspecified atom stereocenters. The van der Waals surface area contributed by atoms with Gasteiger partial charge in [-0.3, -0.25) is 19.7 Å². The number of ether oxygens (including phenoxy) is 4. The minimum absolute atomic E-state index is 0.0831. The highest BCUT2D eigenvalue weighted by Gasteiger charge is 2.22. The van der Waals surface area contributed by atoms with Crippen molar-refractivity contribution >= 4 is 101 Å². The van der Waals surface area contributed by atoms with Crippen LogP contribution in [0.5, 0.6) is 23.0 Å². The monoisotopic (exact) mass is 1680 g/mol. The molecule has 13 aromatic rings. The summed E-state index contributed by atoms with van der Waals surface area (Å²) in [6.45, 7) is 24.9. The van der Waals surface area contributed by atoms with E-state index in [4.69, 9.17) is 82.1 Å². The molecule has 0 aliphatic rings. The number of nitrogens with two attached hydrogens (primary N) is 4.